The lowest BCUT2D eigenvalue weighted by molar-refractivity contribution is -0.117. The van der Waals surface area contributed by atoms with Crippen LogP contribution in [0.5, 0.6) is 0 Å². The zero-order valence-corrected chi connectivity index (χ0v) is 16.5. The first-order valence-corrected chi connectivity index (χ1v) is 10.7. The fraction of sp³-hybridized carbons (Fsp3) is 0.955. The molecule has 0 saturated carbocycles. The van der Waals surface area contributed by atoms with Crippen molar-refractivity contribution in [2.24, 2.45) is 5.41 Å². The molecule has 0 atom stereocenters. The van der Waals surface area contributed by atoms with Crippen LogP contribution in [0.25, 0.3) is 0 Å². The van der Waals surface area contributed by atoms with Gasteiger partial charge in [0.05, 0.1) is 0 Å². The Morgan fingerprint density at radius 2 is 0.913 bits per heavy atom. The Bertz CT molecular complexity index is 242. The predicted molar refractivity (Wildman–Crippen MR) is 104 cm³/mol. The maximum atomic E-state index is 11.3. The molecule has 0 spiro atoms. The minimum Gasteiger partial charge on any atom is -0.303 e. The first kappa shape index (κ1) is 22.7. The average Bonchev–Trinajstić information content (AvgIpc) is 2.59. The van der Waals surface area contributed by atoms with Gasteiger partial charge < -0.3 is 4.79 Å². The van der Waals surface area contributed by atoms with Crippen molar-refractivity contribution in [3.63, 3.8) is 0 Å². The van der Waals surface area contributed by atoms with Crippen molar-refractivity contribution in [1.29, 1.82) is 0 Å². The summed E-state index contributed by atoms with van der Waals surface area (Å²) < 4.78 is 0. The lowest BCUT2D eigenvalue weighted by Gasteiger charge is -2.24. The van der Waals surface area contributed by atoms with E-state index in [-0.39, 0.29) is 5.41 Å². The highest BCUT2D eigenvalue weighted by atomic mass is 16.1. The molecule has 0 rings (SSSR count). The van der Waals surface area contributed by atoms with Crippen molar-refractivity contribution >= 4 is 6.29 Å². The van der Waals surface area contributed by atoms with Crippen LogP contribution in [0.1, 0.15) is 130 Å². The summed E-state index contributed by atoms with van der Waals surface area (Å²) in [6.45, 7) is 6.59. The summed E-state index contributed by atoms with van der Waals surface area (Å²) in [6, 6.07) is 0. The Hall–Kier alpha value is -0.330. The number of hydrogen-bond acceptors (Lipinski definition) is 1. The molecule has 0 aliphatic carbocycles. The SMILES string of the molecule is CCCCCCCCCCCCCCCCC(C=O)(CC)CC. The van der Waals surface area contributed by atoms with Crippen molar-refractivity contribution in [3.05, 3.63) is 0 Å². The first-order chi connectivity index (χ1) is 11.2. The Morgan fingerprint density at radius 1 is 0.565 bits per heavy atom. The number of carbonyl (C=O) groups excluding carboxylic acids is 1. The fourth-order valence-electron chi connectivity index (χ4n) is 3.50. The number of hydrogen-bond donors (Lipinski definition) is 0. The molecule has 23 heavy (non-hydrogen) atoms. The number of carbonyl (C=O) groups is 1. The second-order valence-corrected chi connectivity index (χ2v) is 7.53. The van der Waals surface area contributed by atoms with Gasteiger partial charge in [-0.1, -0.05) is 111 Å². The third kappa shape index (κ3) is 12.7. The van der Waals surface area contributed by atoms with Crippen LogP contribution in [-0.4, -0.2) is 6.29 Å². The van der Waals surface area contributed by atoms with Gasteiger partial charge >= 0.3 is 0 Å². The second-order valence-electron chi connectivity index (χ2n) is 7.53. The van der Waals surface area contributed by atoms with Crippen molar-refractivity contribution in [2.75, 3.05) is 0 Å². The van der Waals surface area contributed by atoms with Gasteiger partial charge in [-0.15, -0.1) is 0 Å². The highest BCUT2D eigenvalue weighted by Gasteiger charge is 2.24. The van der Waals surface area contributed by atoms with E-state index in [2.05, 4.69) is 20.8 Å². The molecule has 0 aliphatic heterocycles. The molecule has 0 saturated heterocycles. The summed E-state index contributed by atoms with van der Waals surface area (Å²) in [7, 11) is 0. The molecule has 1 heteroatoms. The summed E-state index contributed by atoms with van der Waals surface area (Å²) in [5.74, 6) is 0. The molecule has 0 N–H and O–H groups in total. The molecular formula is C22H44O. The van der Waals surface area contributed by atoms with Gasteiger partial charge in [0.2, 0.25) is 0 Å². The standard InChI is InChI=1S/C22H44O/c1-4-7-8-9-10-11-12-13-14-15-16-17-18-19-20-22(5-2,6-3)21-23/h21H,4-20H2,1-3H3. The largest absolute Gasteiger partial charge is 0.303 e. The van der Waals surface area contributed by atoms with Gasteiger partial charge in [-0.25, -0.2) is 0 Å². The molecular weight excluding hydrogens is 280 g/mol. The van der Waals surface area contributed by atoms with Crippen LogP contribution in [-0.2, 0) is 4.79 Å². The topological polar surface area (TPSA) is 17.1 Å². The summed E-state index contributed by atoms with van der Waals surface area (Å²) >= 11 is 0. The lowest BCUT2D eigenvalue weighted by Crippen LogP contribution is -2.20. The third-order valence-corrected chi connectivity index (χ3v) is 5.69. The fourth-order valence-corrected chi connectivity index (χ4v) is 3.50. The molecule has 0 bridgehead atoms. The summed E-state index contributed by atoms with van der Waals surface area (Å²) in [6.07, 6.45) is 23.9. The molecule has 0 aromatic carbocycles. The Morgan fingerprint density at radius 3 is 1.22 bits per heavy atom. The number of unbranched alkanes of at least 4 members (excludes halogenated alkanes) is 13. The Labute approximate surface area is 147 Å². The van der Waals surface area contributed by atoms with Crippen molar-refractivity contribution in [1.82, 2.24) is 0 Å². The van der Waals surface area contributed by atoms with Gasteiger partial charge in [-0.3, -0.25) is 0 Å². The highest BCUT2D eigenvalue weighted by molar-refractivity contribution is 5.58. The zero-order valence-electron chi connectivity index (χ0n) is 16.5. The maximum absolute atomic E-state index is 11.3. The van der Waals surface area contributed by atoms with Crippen LogP contribution in [0.3, 0.4) is 0 Å². The highest BCUT2D eigenvalue weighted by Crippen LogP contribution is 2.30. The van der Waals surface area contributed by atoms with Crippen molar-refractivity contribution in [3.8, 4) is 0 Å². The smallest absolute Gasteiger partial charge is 0.126 e. The lowest BCUT2D eigenvalue weighted by atomic mass is 9.79. The summed E-state index contributed by atoms with van der Waals surface area (Å²) in [5.41, 5.74) is -0.0167. The van der Waals surface area contributed by atoms with Crippen LogP contribution in [0.4, 0.5) is 0 Å². The molecule has 138 valence electrons. The van der Waals surface area contributed by atoms with Gasteiger partial charge in [0.1, 0.15) is 6.29 Å². The third-order valence-electron chi connectivity index (χ3n) is 5.69. The van der Waals surface area contributed by atoms with Gasteiger partial charge in [0, 0.05) is 5.41 Å². The van der Waals surface area contributed by atoms with E-state index in [0.717, 1.165) is 19.3 Å². The summed E-state index contributed by atoms with van der Waals surface area (Å²) in [5, 5.41) is 0. The van der Waals surface area contributed by atoms with Crippen LogP contribution < -0.4 is 0 Å². The van der Waals surface area contributed by atoms with Gasteiger partial charge in [-0.05, 0) is 19.3 Å². The molecule has 0 aromatic rings. The molecule has 0 radical (unpaired) electrons. The molecule has 0 heterocycles. The van der Waals surface area contributed by atoms with E-state index in [9.17, 15) is 4.79 Å². The zero-order chi connectivity index (χ0) is 17.2. The van der Waals surface area contributed by atoms with E-state index in [1.54, 1.807) is 0 Å². The molecule has 0 aromatic heterocycles. The predicted octanol–water partition coefficient (Wildman–Crippen LogP) is 7.86. The second kappa shape index (κ2) is 16.5. The minimum atomic E-state index is -0.0167. The number of aldehydes is 1. The van der Waals surface area contributed by atoms with E-state index in [1.165, 1.54) is 96.2 Å². The Balaban J connectivity index is 3.26. The van der Waals surface area contributed by atoms with E-state index in [0.29, 0.717) is 0 Å². The molecule has 0 aliphatic rings. The van der Waals surface area contributed by atoms with Crippen molar-refractivity contribution in [2.45, 2.75) is 130 Å². The summed E-state index contributed by atoms with van der Waals surface area (Å²) in [4.78, 5) is 11.3. The van der Waals surface area contributed by atoms with Crippen LogP contribution >= 0.6 is 0 Å². The van der Waals surface area contributed by atoms with Crippen LogP contribution in [0.2, 0.25) is 0 Å². The van der Waals surface area contributed by atoms with Gasteiger partial charge in [0.15, 0.2) is 0 Å². The monoisotopic (exact) mass is 324 g/mol. The normalized spacial score (nSPS) is 11.8. The average molecular weight is 325 g/mol. The van der Waals surface area contributed by atoms with E-state index in [1.807, 2.05) is 0 Å². The maximum Gasteiger partial charge on any atom is 0.126 e. The molecule has 0 fully saturated rings. The molecule has 0 amide bonds. The van der Waals surface area contributed by atoms with Crippen molar-refractivity contribution < 1.29 is 4.79 Å². The van der Waals surface area contributed by atoms with E-state index >= 15 is 0 Å². The Kier molecular flexibility index (Phi) is 16.3. The van der Waals surface area contributed by atoms with Gasteiger partial charge in [-0.2, -0.15) is 0 Å². The molecule has 1 nitrogen and oxygen atoms in total. The number of rotatable bonds is 18. The minimum absolute atomic E-state index is 0.0167. The first-order valence-electron chi connectivity index (χ1n) is 10.7. The van der Waals surface area contributed by atoms with Gasteiger partial charge in [0.25, 0.3) is 0 Å². The van der Waals surface area contributed by atoms with E-state index < -0.39 is 0 Å². The molecule has 0 unspecified atom stereocenters. The van der Waals surface area contributed by atoms with E-state index in [4.69, 9.17) is 0 Å². The van der Waals surface area contributed by atoms with Crippen LogP contribution in [0, 0.1) is 5.41 Å². The van der Waals surface area contributed by atoms with Crippen LogP contribution in [0.15, 0.2) is 0 Å². The quantitative estimate of drug-likeness (QED) is 0.185.